The molecule has 0 fully saturated rings. The van der Waals surface area contributed by atoms with E-state index in [1.54, 1.807) is 11.9 Å². The van der Waals surface area contributed by atoms with Crippen LogP contribution in [0.5, 0.6) is 0 Å². The zero-order valence-corrected chi connectivity index (χ0v) is 26.3. The van der Waals surface area contributed by atoms with Crippen LogP contribution >= 0.6 is 11.9 Å². The van der Waals surface area contributed by atoms with Crippen LogP contribution in [-0.2, 0) is 12.8 Å². The van der Waals surface area contributed by atoms with Crippen molar-refractivity contribution in [3.05, 3.63) is 103 Å². The Morgan fingerprint density at radius 3 is 2.08 bits per heavy atom. The van der Waals surface area contributed by atoms with Gasteiger partial charge in [0.1, 0.15) is 0 Å². The van der Waals surface area contributed by atoms with Crippen molar-refractivity contribution in [2.24, 2.45) is 5.92 Å². The van der Waals surface area contributed by atoms with E-state index in [4.69, 9.17) is 5.21 Å². The van der Waals surface area contributed by atoms with Crippen LogP contribution < -0.4 is 5.48 Å². The summed E-state index contributed by atoms with van der Waals surface area (Å²) >= 11 is 1.72. The highest BCUT2D eigenvalue weighted by Crippen LogP contribution is 2.28. The number of hydrogen-bond donors (Lipinski definition) is 2. The summed E-state index contributed by atoms with van der Waals surface area (Å²) < 4.78 is 2.24. The Bertz CT molecular complexity index is 1020. The van der Waals surface area contributed by atoms with Crippen LogP contribution in [0, 0.1) is 5.92 Å². The molecule has 3 rings (SSSR count). The molecular formula is C35H54N2OS. The molecule has 3 aromatic rings. The van der Waals surface area contributed by atoms with Gasteiger partial charge in [-0.15, -0.1) is 13.2 Å². The summed E-state index contributed by atoms with van der Waals surface area (Å²) in [6, 6.07) is 23.9. The first kappa shape index (κ1) is 36.5. The maximum atomic E-state index is 9.03. The predicted octanol–water partition coefficient (Wildman–Crippen LogP) is 10.5. The molecule has 0 aromatic heterocycles. The smallest absolute Gasteiger partial charge is 0.0509 e. The quantitative estimate of drug-likeness (QED) is 0.134. The van der Waals surface area contributed by atoms with E-state index in [9.17, 15) is 0 Å². The van der Waals surface area contributed by atoms with Crippen molar-refractivity contribution < 1.29 is 5.21 Å². The molecule has 0 saturated carbocycles. The Hall–Kier alpha value is -2.53. The molecule has 0 unspecified atom stereocenters. The minimum Gasteiger partial charge on any atom is -0.291 e. The van der Waals surface area contributed by atoms with Crippen molar-refractivity contribution in [1.29, 1.82) is 0 Å². The summed E-state index contributed by atoms with van der Waals surface area (Å²) in [5.74, 6) is 0.646. The van der Waals surface area contributed by atoms with Crippen LogP contribution in [0.4, 0.5) is 0 Å². The number of hydroxylamine groups is 1. The molecule has 2 N–H and O–H groups in total. The van der Waals surface area contributed by atoms with Crippen molar-refractivity contribution in [3.63, 3.8) is 0 Å². The fraction of sp³-hybridized carbons (Fsp3) is 0.429. The van der Waals surface area contributed by atoms with Gasteiger partial charge in [-0.2, -0.15) is 0 Å². The van der Waals surface area contributed by atoms with Gasteiger partial charge in [-0.25, -0.2) is 4.31 Å². The molecule has 3 nitrogen and oxygen atoms in total. The van der Waals surface area contributed by atoms with Crippen molar-refractivity contribution in [2.75, 3.05) is 13.1 Å². The molecule has 0 bridgehead atoms. The second-order valence-corrected chi connectivity index (χ2v) is 11.0. The van der Waals surface area contributed by atoms with E-state index in [1.165, 1.54) is 52.5 Å². The van der Waals surface area contributed by atoms with E-state index in [2.05, 4.69) is 138 Å². The van der Waals surface area contributed by atoms with Crippen molar-refractivity contribution in [1.82, 2.24) is 9.79 Å². The molecule has 0 saturated heterocycles. The fourth-order valence-electron chi connectivity index (χ4n) is 3.53. The molecule has 0 atom stereocenters. The van der Waals surface area contributed by atoms with Gasteiger partial charge < -0.3 is 0 Å². The van der Waals surface area contributed by atoms with Gasteiger partial charge in [0.05, 0.1) is 6.54 Å². The largest absolute Gasteiger partial charge is 0.291 e. The molecule has 216 valence electrons. The number of unbranched alkanes of at least 4 members (excludes halogenated alkanes) is 1. The standard InChI is InChI=1S/C20H28N2OS.C10H14.C3H8.C2H4/c1-5-17-6-7-19-13-20(9-8-18(19)12-17)24-22(11-10-15(2)3)14-16(4)21-23;1-2-3-7-10-8-5-4-6-9-10;1-3-2;1-2/h6-9,12-13,15,21,23H,4-5,10-11,14H2,1-3H3;4-6,8-9H,2-3,7H2,1H3;3H2,1-2H3;1-2H2. The van der Waals surface area contributed by atoms with Crippen LogP contribution in [-0.4, -0.2) is 22.6 Å². The molecule has 3 aromatic carbocycles. The number of benzene rings is 3. The van der Waals surface area contributed by atoms with Gasteiger partial charge >= 0.3 is 0 Å². The first-order valence-electron chi connectivity index (χ1n) is 14.4. The third kappa shape index (κ3) is 16.9. The summed E-state index contributed by atoms with van der Waals surface area (Å²) in [6.07, 6.45) is 7.25. The molecule has 0 spiro atoms. The number of nitrogens with zero attached hydrogens (tertiary/aromatic N) is 1. The van der Waals surface area contributed by atoms with Crippen LogP contribution in [0.2, 0.25) is 0 Å². The van der Waals surface area contributed by atoms with Crippen molar-refractivity contribution in [3.8, 4) is 0 Å². The van der Waals surface area contributed by atoms with E-state index in [-0.39, 0.29) is 0 Å². The number of hydrogen-bond acceptors (Lipinski definition) is 4. The van der Waals surface area contributed by atoms with Crippen molar-refractivity contribution >= 4 is 22.7 Å². The van der Waals surface area contributed by atoms with Gasteiger partial charge in [0.2, 0.25) is 0 Å². The van der Waals surface area contributed by atoms with Gasteiger partial charge in [-0.3, -0.25) is 10.7 Å². The second-order valence-electron chi connectivity index (χ2n) is 9.85. The highest BCUT2D eigenvalue weighted by atomic mass is 32.2. The lowest BCUT2D eigenvalue weighted by Gasteiger charge is -2.22. The summed E-state index contributed by atoms with van der Waals surface area (Å²) in [5.41, 5.74) is 5.60. The number of fused-ring (bicyclic) bond motifs is 1. The topological polar surface area (TPSA) is 35.5 Å². The fourth-order valence-corrected chi connectivity index (χ4v) is 4.56. The van der Waals surface area contributed by atoms with Crippen LogP contribution in [0.15, 0.2) is 97.1 Å². The normalized spacial score (nSPS) is 10.1. The van der Waals surface area contributed by atoms with Crippen LogP contribution in [0.1, 0.15) is 78.4 Å². The highest BCUT2D eigenvalue weighted by molar-refractivity contribution is 7.97. The molecule has 0 heterocycles. The summed E-state index contributed by atoms with van der Waals surface area (Å²) in [7, 11) is 0. The lowest BCUT2D eigenvalue weighted by Crippen LogP contribution is -2.25. The first-order chi connectivity index (χ1) is 18.9. The number of aryl methyl sites for hydroxylation is 2. The zero-order valence-electron chi connectivity index (χ0n) is 25.5. The van der Waals surface area contributed by atoms with Gasteiger partial charge in [-0.1, -0.05) is 116 Å². The van der Waals surface area contributed by atoms with Crippen LogP contribution in [0.3, 0.4) is 0 Å². The molecule has 4 heteroatoms. The third-order valence-electron chi connectivity index (χ3n) is 5.66. The summed E-state index contributed by atoms with van der Waals surface area (Å²) in [5, 5.41) is 11.6. The Morgan fingerprint density at radius 2 is 1.51 bits per heavy atom. The Balaban J connectivity index is 0.000000796. The maximum absolute atomic E-state index is 9.03. The van der Waals surface area contributed by atoms with Gasteiger partial charge in [0.15, 0.2) is 0 Å². The van der Waals surface area contributed by atoms with Gasteiger partial charge in [-0.05, 0) is 77.6 Å². The van der Waals surface area contributed by atoms with E-state index in [0.717, 1.165) is 19.4 Å². The lowest BCUT2D eigenvalue weighted by atomic mass is 10.1. The molecule has 0 aliphatic heterocycles. The van der Waals surface area contributed by atoms with E-state index in [1.807, 2.05) is 0 Å². The van der Waals surface area contributed by atoms with E-state index < -0.39 is 0 Å². The molecule has 0 radical (unpaired) electrons. The van der Waals surface area contributed by atoms with E-state index >= 15 is 0 Å². The molecule has 0 amide bonds. The Labute approximate surface area is 244 Å². The maximum Gasteiger partial charge on any atom is 0.0509 e. The third-order valence-corrected chi connectivity index (χ3v) is 6.70. The number of nitrogens with one attached hydrogen (secondary N) is 1. The zero-order chi connectivity index (χ0) is 29.5. The average molecular weight is 551 g/mol. The molecular weight excluding hydrogens is 496 g/mol. The predicted molar refractivity (Wildman–Crippen MR) is 177 cm³/mol. The second kappa shape index (κ2) is 23.4. The summed E-state index contributed by atoms with van der Waals surface area (Å²) in [4.78, 5) is 1.21. The minimum atomic E-state index is 0.611. The minimum absolute atomic E-state index is 0.611. The average Bonchev–Trinajstić information content (AvgIpc) is 2.96. The highest BCUT2D eigenvalue weighted by Gasteiger charge is 2.10. The van der Waals surface area contributed by atoms with Crippen LogP contribution in [0.25, 0.3) is 10.8 Å². The van der Waals surface area contributed by atoms with E-state index in [0.29, 0.717) is 18.2 Å². The molecule has 0 aliphatic rings. The molecule has 0 aliphatic carbocycles. The first-order valence-corrected chi connectivity index (χ1v) is 15.2. The Morgan fingerprint density at radius 1 is 0.897 bits per heavy atom. The molecule has 39 heavy (non-hydrogen) atoms. The van der Waals surface area contributed by atoms with Crippen molar-refractivity contribution in [2.45, 2.75) is 85.0 Å². The van der Waals surface area contributed by atoms with Gasteiger partial charge in [0.25, 0.3) is 0 Å². The Kier molecular flexibility index (Phi) is 21.8. The lowest BCUT2D eigenvalue weighted by molar-refractivity contribution is 0.193. The van der Waals surface area contributed by atoms with Gasteiger partial charge in [0, 0.05) is 17.1 Å². The summed E-state index contributed by atoms with van der Waals surface area (Å²) in [6.45, 7) is 24.5. The number of rotatable bonds is 12. The SMILES string of the molecule is C=C.C=C(CN(CCC(C)C)Sc1ccc2cc(CC)ccc2c1)NO.CCC.CCCCc1ccccc1. The monoisotopic (exact) mass is 550 g/mol.